The van der Waals surface area contributed by atoms with Crippen LogP contribution in [0.4, 0.5) is 4.39 Å². The fourth-order valence-corrected chi connectivity index (χ4v) is 1.58. The Morgan fingerprint density at radius 3 is 2.64 bits per heavy atom. The summed E-state index contributed by atoms with van der Waals surface area (Å²) in [5.74, 6) is -0.460. The number of aromatic nitrogens is 2. The lowest BCUT2D eigenvalue weighted by Gasteiger charge is -2.03. The third-order valence-corrected chi connectivity index (χ3v) is 2.60. The van der Waals surface area contributed by atoms with E-state index in [1.54, 1.807) is 24.3 Å². The summed E-state index contributed by atoms with van der Waals surface area (Å²) in [6, 6.07) is 6.94. The Kier molecular flexibility index (Phi) is 2.56. The maximum atomic E-state index is 13.4. The lowest BCUT2D eigenvalue weighted by atomic mass is 10.3. The molecule has 2 rings (SSSR count). The van der Waals surface area contributed by atoms with E-state index in [2.05, 4.69) is 21.0 Å². The van der Waals surface area contributed by atoms with Gasteiger partial charge in [-0.05, 0) is 28.1 Å². The Hall–Kier alpha value is -0.870. The van der Waals surface area contributed by atoms with Crippen LogP contribution in [0.5, 0.6) is 0 Å². The van der Waals surface area contributed by atoms with Gasteiger partial charge in [0.25, 0.3) is 0 Å². The van der Waals surface area contributed by atoms with Gasteiger partial charge in [0, 0.05) is 0 Å². The van der Waals surface area contributed by atoms with E-state index in [-0.39, 0.29) is 0 Å². The van der Waals surface area contributed by atoms with E-state index in [1.807, 2.05) is 0 Å². The molecule has 0 radical (unpaired) electrons. The number of rotatable bonds is 1. The quantitative estimate of drug-likeness (QED) is 0.780. The molecule has 72 valence electrons. The number of benzene rings is 1. The van der Waals surface area contributed by atoms with Crippen molar-refractivity contribution < 1.29 is 4.39 Å². The highest BCUT2D eigenvalue weighted by atomic mass is 79.9. The van der Waals surface area contributed by atoms with E-state index in [0.717, 1.165) is 4.68 Å². The van der Waals surface area contributed by atoms with Gasteiger partial charge in [0.1, 0.15) is 0 Å². The molecule has 0 amide bonds. The number of halogens is 3. The Balaban J connectivity index is 2.60. The van der Waals surface area contributed by atoms with Gasteiger partial charge in [-0.3, -0.25) is 0 Å². The topological polar surface area (TPSA) is 17.8 Å². The third kappa shape index (κ3) is 1.55. The molecule has 0 saturated heterocycles. The fourth-order valence-electron chi connectivity index (χ4n) is 1.11. The van der Waals surface area contributed by atoms with Crippen LogP contribution < -0.4 is 0 Å². The zero-order valence-electron chi connectivity index (χ0n) is 6.92. The minimum Gasteiger partial charge on any atom is -0.204 e. The van der Waals surface area contributed by atoms with Crippen molar-refractivity contribution in [3.63, 3.8) is 0 Å². The number of para-hydroxylation sites is 1. The molecule has 1 aromatic carbocycles. The molecule has 1 heterocycles. The Morgan fingerprint density at radius 2 is 2.07 bits per heavy atom. The van der Waals surface area contributed by atoms with Crippen molar-refractivity contribution in [3.8, 4) is 5.69 Å². The van der Waals surface area contributed by atoms with Crippen LogP contribution in [0.15, 0.2) is 34.9 Å². The first kappa shape index (κ1) is 9.68. The summed E-state index contributed by atoms with van der Waals surface area (Å²) >= 11 is 8.93. The van der Waals surface area contributed by atoms with Gasteiger partial charge in [-0.1, -0.05) is 23.7 Å². The molecule has 0 N–H and O–H groups in total. The van der Waals surface area contributed by atoms with Crippen molar-refractivity contribution in [2.24, 2.45) is 0 Å². The maximum Gasteiger partial charge on any atom is 0.230 e. The van der Waals surface area contributed by atoms with Crippen LogP contribution in [0.25, 0.3) is 5.69 Å². The van der Waals surface area contributed by atoms with E-state index in [1.165, 1.54) is 6.20 Å². The van der Waals surface area contributed by atoms with Crippen LogP contribution in [0, 0.1) is 5.95 Å². The molecule has 2 aromatic rings. The second-order valence-electron chi connectivity index (χ2n) is 2.65. The Labute approximate surface area is 93.4 Å². The summed E-state index contributed by atoms with van der Waals surface area (Å²) in [6.07, 6.45) is 1.39. The van der Waals surface area contributed by atoms with Crippen LogP contribution in [-0.4, -0.2) is 9.78 Å². The van der Waals surface area contributed by atoms with Crippen LogP contribution >= 0.6 is 27.5 Å². The van der Waals surface area contributed by atoms with Gasteiger partial charge < -0.3 is 0 Å². The predicted molar refractivity (Wildman–Crippen MR) is 56.2 cm³/mol. The van der Waals surface area contributed by atoms with Gasteiger partial charge in [0.2, 0.25) is 5.95 Å². The molecule has 0 bridgehead atoms. The van der Waals surface area contributed by atoms with Crippen LogP contribution in [0.2, 0.25) is 5.02 Å². The molecule has 5 heteroatoms. The second-order valence-corrected chi connectivity index (χ2v) is 3.91. The molecule has 0 unspecified atom stereocenters. The van der Waals surface area contributed by atoms with Crippen molar-refractivity contribution in [1.29, 1.82) is 0 Å². The molecule has 0 saturated carbocycles. The summed E-state index contributed by atoms with van der Waals surface area (Å²) in [5, 5.41) is 4.32. The maximum absolute atomic E-state index is 13.4. The van der Waals surface area contributed by atoms with Crippen molar-refractivity contribution >= 4 is 27.5 Å². The lowest BCUT2D eigenvalue weighted by Crippen LogP contribution is -1.99. The van der Waals surface area contributed by atoms with Crippen molar-refractivity contribution in [1.82, 2.24) is 9.78 Å². The normalized spacial score (nSPS) is 10.5. The van der Waals surface area contributed by atoms with E-state index >= 15 is 0 Å². The van der Waals surface area contributed by atoms with E-state index < -0.39 is 5.95 Å². The zero-order valence-corrected chi connectivity index (χ0v) is 9.26. The SMILES string of the molecule is Fc1c(Br)cnn1-c1ccccc1Cl. The van der Waals surface area contributed by atoms with Crippen LogP contribution in [-0.2, 0) is 0 Å². The smallest absolute Gasteiger partial charge is 0.204 e. The second kappa shape index (κ2) is 3.71. The molecule has 0 aliphatic heterocycles. The molecule has 0 aliphatic rings. The van der Waals surface area contributed by atoms with Gasteiger partial charge in [0.15, 0.2) is 0 Å². The molecular weight excluding hydrogens is 270 g/mol. The molecule has 14 heavy (non-hydrogen) atoms. The molecule has 0 aliphatic carbocycles. The van der Waals surface area contributed by atoms with Gasteiger partial charge >= 0.3 is 0 Å². The van der Waals surface area contributed by atoms with E-state index in [0.29, 0.717) is 15.2 Å². The van der Waals surface area contributed by atoms with Crippen molar-refractivity contribution in [2.75, 3.05) is 0 Å². The summed E-state index contributed by atoms with van der Waals surface area (Å²) in [4.78, 5) is 0. The highest BCUT2D eigenvalue weighted by Gasteiger charge is 2.11. The van der Waals surface area contributed by atoms with Crippen molar-refractivity contribution in [3.05, 3.63) is 45.9 Å². The molecule has 0 fully saturated rings. The number of hydrogen-bond acceptors (Lipinski definition) is 1. The summed E-state index contributed by atoms with van der Waals surface area (Å²) in [6.45, 7) is 0. The third-order valence-electron chi connectivity index (χ3n) is 1.75. The Morgan fingerprint density at radius 1 is 1.36 bits per heavy atom. The van der Waals surface area contributed by atoms with Gasteiger partial charge in [-0.25, -0.2) is 4.68 Å². The molecular formula is C9H5BrClFN2. The standard InChI is InChI=1S/C9H5BrClFN2/c10-6-5-13-14(9(6)12)8-4-2-1-3-7(8)11/h1-5H. The molecule has 0 atom stereocenters. The summed E-state index contributed by atoms with van der Waals surface area (Å²) < 4.78 is 14.9. The first-order valence-corrected chi connectivity index (χ1v) is 5.01. The van der Waals surface area contributed by atoms with Crippen LogP contribution in [0.1, 0.15) is 0 Å². The highest BCUT2D eigenvalue weighted by Crippen LogP contribution is 2.23. The summed E-state index contributed by atoms with van der Waals surface area (Å²) in [7, 11) is 0. The molecule has 0 spiro atoms. The molecule has 1 aromatic heterocycles. The Bertz CT molecular complexity index is 470. The average Bonchev–Trinajstić information content (AvgIpc) is 2.49. The van der Waals surface area contributed by atoms with Gasteiger partial charge in [0.05, 0.1) is 21.4 Å². The largest absolute Gasteiger partial charge is 0.230 e. The lowest BCUT2D eigenvalue weighted by molar-refractivity contribution is 0.532. The first-order valence-electron chi connectivity index (χ1n) is 3.84. The van der Waals surface area contributed by atoms with Gasteiger partial charge in [-0.15, -0.1) is 0 Å². The summed E-state index contributed by atoms with van der Waals surface area (Å²) in [5.41, 5.74) is 0.525. The van der Waals surface area contributed by atoms with Gasteiger partial charge in [-0.2, -0.15) is 9.49 Å². The monoisotopic (exact) mass is 274 g/mol. The minimum absolute atomic E-state index is 0.317. The minimum atomic E-state index is -0.460. The first-order chi connectivity index (χ1) is 6.70. The molecule has 2 nitrogen and oxygen atoms in total. The highest BCUT2D eigenvalue weighted by molar-refractivity contribution is 9.10. The van der Waals surface area contributed by atoms with Crippen LogP contribution in [0.3, 0.4) is 0 Å². The number of nitrogens with zero attached hydrogens (tertiary/aromatic N) is 2. The number of hydrogen-bond donors (Lipinski definition) is 0. The van der Waals surface area contributed by atoms with E-state index in [9.17, 15) is 4.39 Å². The zero-order chi connectivity index (χ0) is 10.1. The fraction of sp³-hybridized carbons (Fsp3) is 0. The predicted octanol–water partition coefficient (Wildman–Crippen LogP) is 3.43. The average molecular weight is 276 g/mol. The van der Waals surface area contributed by atoms with E-state index in [4.69, 9.17) is 11.6 Å². The van der Waals surface area contributed by atoms with Crippen molar-refractivity contribution in [2.45, 2.75) is 0 Å².